The molecule has 0 aromatic heterocycles. The molecule has 0 spiro atoms. The molecule has 0 aliphatic carbocycles. The zero-order valence-corrected chi connectivity index (χ0v) is 8.35. The first-order chi connectivity index (χ1) is 4.56. The van der Waals surface area contributed by atoms with Crippen LogP contribution in [0.15, 0.2) is 12.3 Å². The van der Waals surface area contributed by atoms with Gasteiger partial charge in [0, 0.05) is 6.61 Å². The largest absolute Gasteiger partial charge is 0.400 e. The van der Waals surface area contributed by atoms with E-state index in [2.05, 4.69) is 17.7 Å². The molecule has 0 saturated heterocycles. The van der Waals surface area contributed by atoms with Crippen molar-refractivity contribution >= 4 is 8.48 Å². The van der Waals surface area contributed by atoms with Crippen molar-refractivity contribution in [2.45, 2.75) is 13.5 Å². The minimum absolute atomic E-state index is 0.771. The number of nitrogens with zero attached hydrogens (tertiary/aromatic N) is 1. The van der Waals surface area contributed by atoms with Crippen molar-refractivity contribution in [3.05, 3.63) is 12.3 Å². The molecule has 0 radical (unpaired) electrons. The second kappa shape index (κ2) is 3.90. The van der Waals surface area contributed by atoms with Crippen LogP contribution in [0.4, 0.5) is 0 Å². The van der Waals surface area contributed by atoms with E-state index < -0.39 is 8.48 Å². The lowest BCUT2D eigenvalue weighted by molar-refractivity contribution is 0.291. The highest BCUT2D eigenvalue weighted by molar-refractivity contribution is 6.74. The first-order valence-corrected chi connectivity index (χ1v) is 5.95. The molecule has 0 N–H and O–H groups in total. The Morgan fingerprint density at radius 2 is 2.10 bits per heavy atom. The Morgan fingerprint density at radius 1 is 1.60 bits per heavy atom. The Kier molecular flexibility index (Phi) is 3.86. The Hall–Kier alpha value is -0.123. The van der Waals surface area contributed by atoms with Crippen molar-refractivity contribution in [2.24, 2.45) is 0 Å². The van der Waals surface area contributed by atoms with Gasteiger partial charge in [-0.3, -0.25) is 0 Å². The molecule has 0 heterocycles. The van der Waals surface area contributed by atoms with Crippen LogP contribution in [0.2, 0.25) is 6.55 Å². The summed E-state index contributed by atoms with van der Waals surface area (Å²) in [6, 6.07) is 0. The van der Waals surface area contributed by atoms with Crippen LogP contribution in [0.1, 0.15) is 6.92 Å². The molecule has 60 valence electrons. The van der Waals surface area contributed by atoms with Gasteiger partial charge in [0.2, 0.25) is 0 Å². The minimum atomic E-state index is -1.70. The van der Waals surface area contributed by atoms with Crippen LogP contribution >= 0.6 is 0 Å². The third-order valence-corrected chi connectivity index (χ3v) is 5.11. The van der Waals surface area contributed by atoms with E-state index in [1.165, 1.54) is 0 Å². The topological polar surface area (TPSA) is 12.5 Å². The van der Waals surface area contributed by atoms with Gasteiger partial charge in [0.05, 0.1) is 0 Å². The van der Waals surface area contributed by atoms with E-state index in [0.717, 1.165) is 6.61 Å². The Labute approximate surface area is 64.7 Å². The van der Waals surface area contributed by atoms with Crippen molar-refractivity contribution in [3.8, 4) is 0 Å². The second-order valence-corrected chi connectivity index (χ2v) is 6.29. The third-order valence-electron chi connectivity index (χ3n) is 1.70. The molecule has 0 aromatic carbocycles. The summed E-state index contributed by atoms with van der Waals surface area (Å²) < 4.78 is 7.72. The van der Waals surface area contributed by atoms with E-state index in [1.54, 1.807) is 0 Å². The van der Waals surface area contributed by atoms with Gasteiger partial charge in [0.1, 0.15) is 0 Å². The maximum atomic E-state index is 5.59. The summed E-state index contributed by atoms with van der Waals surface area (Å²) >= 11 is 0. The lowest BCUT2D eigenvalue weighted by atomic mass is 10.9. The fraction of sp³-hybridized carbons (Fsp3) is 0.714. The predicted molar refractivity (Wildman–Crippen MR) is 47.1 cm³/mol. The predicted octanol–water partition coefficient (Wildman–Crippen LogP) is 1.38. The number of rotatable bonds is 4. The highest BCUT2D eigenvalue weighted by Gasteiger charge is 2.27. The van der Waals surface area contributed by atoms with Gasteiger partial charge in [0.25, 0.3) is 8.48 Å². The fourth-order valence-electron chi connectivity index (χ4n) is 0.663. The summed E-state index contributed by atoms with van der Waals surface area (Å²) in [5.74, 6) is 0. The zero-order valence-electron chi connectivity index (χ0n) is 7.35. The summed E-state index contributed by atoms with van der Waals surface area (Å²) in [6.45, 7) is 8.68. The quantitative estimate of drug-likeness (QED) is 0.575. The summed E-state index contributed by atoms with van der Waals surface area (Å²) in [6.07, 6.45) is 0. The van der Waals surface area contributed by atoms with Crippen molar-refractivity contribution in [3.63, 3.8) is 0 Å². The molecule has 0 aliphatic heterocycles. The van der Waals surface area contributed by atoms with E-state index in [-0.39, 0.29) is 0 Å². The summed E-state index contributed by atoms with van der Waals surface area (Å²) in [5, 5.41) is 0. The maximum Gasteiger partial charge on any atom is 0.293 e. The van der Waals surface area contributed by atoms with Crippen LogP contribution in [0.25, 0.3) is 0 Å². The molecule has 0 amide bonds. The van der Waals surface area contributed by atoms with Gasteiger partial charge < -0.3 is 8.99 Å². The molecular weight excluding hydrogens is 142 g/mol. The smallest absolute Gasteiger partial charge is 0.293 e. The molecule has 0 aromatic rings. The molecular formula is C7H17NOSi. The molecule has 0 rings (SSSR count). The molecule has 0 fully saturated rings. The average molecular weight is 159 g/mol. The molecule has 0 bridgehead atoms. The van der Waals surface area contributed by atoms with Crippen LogP contribution < -0.4 is 0 Å². The summed E-state index contributed by atoms with van der Waals surface area (Å²) in [7, 11) is 2.36. The van der Waals surface area contributed by atoms with Crippen molar-refractivity contribution in [1.82, 2.24) is 4.57 Å². The lowest BCUT2D eigenvalue weighted by Crippen LogP contribution is -2.48. The normalized spacial score (nSPS) is 16.9. The minimum Gasteiger partial charge on any atom is -0.400 e. The average Bonchev–Trinajstić information content (AvgIpc) is 1.88. The van der Waals surface area contributed by atoms with Gasteiger partial charge in [-0.25, -0.2) is 0 Å². The molecule has 0 aliphatic rings. The highest BCUT2D eigenvalue weighted by Crippen LogP contribution is 2.07. The molecule has 3 heteroatoms. The third kappa shape index (κ3) is 2.25. The van der Waals surface area contributed by atoms with E-state index in [9.17, 15) is 0 Å². The molecule has 10 heavy (non-hydrogen) atoms. The van der Waals surface area contributed by atoms with Gasteiger partial charge in [-0.15, -0.1) is 6.58 Å². The zero-order chi connectivity index (χ0) is 8.20. The lowest BCUT2D eigenvalue weighted by Gasteiger charge is -2.29. The Morgan fingerprint density at radius 3 is 2.20 bits per heavy atom. The summed E-state index contributed by atoms with van der Waals surface area (Å²) in [4.78, 5) is 0. The molecule has 1 unspecified atom stereocenters. The van der Waals surface area contributed by atoms with Crippen LogP contribution in [-0.4, -0.2) is 33.7 Å². The van der Waals surface area contributed by atoms with Gasteiger partial charge in [-0.05, 0) is 27.6 Å². The monoisotopic (exact) mass is 159 g/mol. The van der Waals surface area contributed by atoms with Crippen LogP contribution in [-0.2, 0) is 4.43 Å². The molecule has 2 nitrogen and oxygen atoms in total. The number of hydrogen-bond acceptors (Lipinski definition) is 2. The molecule has 1 atom stereocenters. The van der Waals surface area contributed by atoms with Gasteiger partial charge in [-0.1, -0.05) is 5.70 Å². The van der Waals surface area contributed by atoms with E-state index >= 15 is 0 Å². The Bertz CT molecular complexity index is 116. The SMILES string of the molecule is C=C[Si](C)(OCC)N(C)C. The highest BCUT2D eigenvalue weighted by atomic mass is 28.4. The van der Waals surface area contributed by atoms with Gasteiger partial charge in [-0.2, -0.15) is 0 Å². The fourth-order valence-corrected chi connectivity index (χ4v) is 1.99. The van der Waals surface area contributed by atoms with Crippen LogP contribution in [0.3, 0.4) is 0 Å². The van der Waals surface area contributed by atoms with Crippen molar-refractivity contribution < 1.29 is 4.43 Å². The number of hydrogen-bond donors (Lipinski definition) is 0. The first-order valence-electron chi connectivity index (χ1n) is 3.51. The van der Waals surface area contributed by atoms with Crippen LogP contribution in [0.5, 0.6) is 0 Å². The van der Waals surface area contributed by atoms with Crippen LogP contribution in [0, 0.1) is 0 Å². The van der Waals surface area contributed by atoms with Gasteiger partial charge >= 0.3 is 0 Å². The van der Waals surface area contributed by atoms with E-state index in [1.807, 2.05) is 26.7 Å². The first kappa shape index (κ1) is 9.88. The molecule has 0 saturated carbocycles. The standard InChI is InChI=1S/C7H17NOSi/c1-6-9-10(5,7-2)8(3)4/h7H,2,6H2,1,3-5H3. The van der Waals surface area contributed by atoms with E-state index in [0.29, 0.717) is 0 Å². The van der Waals surface area contributed by atoms with E-state index in [4.69, 9.17) is 4.43 Å². The Balaban J connectivity index is 4.08. The van der Waals surface area contributed by atoms with Crippen molar-refractivity contribution in [1.29, 1.82) is 0 Å². The van der Waals surface area contributed by atoms with Crippen molar-refractivity contribution in [2.75, 3.05) is 20.7 Å². The maximum absolute atomic E-state index is 5.59. The second-order valence-electron chi connectivity index (χ2n) is 2.59. The summed E-state index contributed by atoms with van der Waals surface area (Å²) in [5.41, 5.74) is 1.94. The van der Waals surface area contributed by atoms with Gasteiger partial charge in [0.15, 0.2) is 0 Å².